The lowest BCUT2D eigenvalue weighted by Crippen LogP contribution is -2.21. The van der Waals surface area contributed by atoms with Gasteiger partial charge in [-0.05, 0) is 42.5 Å². The number of benzene rings is 2. The number of carbonyl (C=O) groups is 1. The quantitative estimate of drug-likeness (QED) is 0.647. The Balaban J connectivity index is 1.66. The summed E-state index contributed by atoms with van der Waals surface area (Å²) >= 11 is 12.0. The highest BCUT2D eigenvalue weighted by Crippen LogP contribution is 2.29. The summed E-state index contributed by atoms with van der Waals surface area (Å²) in [4.78, 5) is 13.4. The molecule has 26 heavy (non-hydrogen) atoms. The molecule has 0 aliphatic heterocycles. The zero-order valence-electron chi connectivity index (χ0n) is 14.1. The minimum Gasteiger partial charge on any atom is -0.484 e. The molecule has 0 unspecified atom stereocenters. The predicted octanol–water partition coefficient (Wildman–Crippen LogP) is 4.32. The van der Waals surface area contributed by atoms with Crippen molar-refractivity contribution >= 4 is 29.1 Å². The van der Waals surface area contributed by atoms with Crippen LogP contribution in [0.4, 0.5) is 0 Å². The van der Waals surface area contributed by atoms with Crippen LogP contribution in [0.2, 0.25) is 10.0 Å². The van der Waals surface area contributed by atoms with Gasteiger partial charge in [0, 0.05) is 24.7 Å². The Labute approximate surface area is 160 Å². The first-order chi connectivity index (χ1) is 12.4. The van der Waals surface area contributed by atoms with E-state index >= 15 is 0 Å². The van der Waals surface area contributed by atoms with Crippen molar-refractivity contribution in [3.05, 3.63) is 64.0 Å². The first-order valence-electron chi connectivity index (χ1n) is 7.66. The molecular formula is C18H15Cl2N3O3. The van der Waals surface area contributed by atoms with Crippen molar-refractivity contribution in [2.24, 2.45) is 0 Å². The summed E-state index contributed by atoms with van der Waals surface area (Å²) in [5.74, 6) is 1.11. The van der Waals surface area contributed by atoms with Gasteiger partial charge < -0.3 is 14.1 Å². The van der Waals surface area contributed by atoms with Gasteiger partial charge in [-0.1, -0.05) is 23.2 Å². The summed E-state index contributed by atoms with van der Waals surface area (Å²) in [5, 5.41) is 8.87. The van der Waals surface area contributed by atoms with Crippen LogP contribution in [0, 0.1) is 0 Å². The summed E-state index contributed by atoms with van der Waals surface area (Å²) in [7, 11) is 3.40. The molecule has 0 spiro atoms. The van der Waals surface area contributed by atoms with Crippen LogP contribution in [-0.2, 0) is 6.61 Å². The minimum atomic E-state index is -0.0714. The molecule has 0 radical (unpaired) electrons. The fourth-order valence-electron chi connectivity index (χ4n) is 2.18. The van der Waals surface area contributed by atoms with Crippen LogP contribution in [-0.4, -0.2) is 35.1 Å². The van der Waals surface area contributed by atoms with Crippen LogP contribution < -0.4 is 4.74 Å². The van der Waals surface area contributed by atoms with Crippen molar-refractivity contribution in [3.63, 3.8) is 0 Å². The van der Waals surface area contributed by atoms with Crippen molar-refractivity contribution in [1.29, 1.82) is 0 Å². The Bertz CT molecular complexity index is 924. The zero-order chi connectivity index (χ0) is 18.7. The van der Waals surface area contributed by atoms with Crippen LogP contribution in [0.15, 0.2) is 46.9 Å². The van der Waals surface area contributed by atoms with E-state index in [1.807, 2.05) is 0 Å². The van der Waals surface area contributed by atoms with Crippen LogP contribution in [0.1, 0.15) is 16.2 Å². The Hall–Kier alpha value is -2.57. The third kappa shape index (κ3) is 4.15. The topological polar surface area (TPSA) is 68.5 Å². The summed E-state index contributed by atoms with van der Waals surface area (Å²) in [6, 6.07) is 11.8. The van der Waals surface area contributed by atoms with Gasteiger partial charge in [0.05, 0.1) is 10.6 Å². The average molecular weight is 392 g/mol. The molecule has 6 nitrogen and oxygen atoms in total. The highest BCUT2D eigenvalue weighted by Gasteiger charge is 2.13. The molecule has 0 aliphatic rings. The normalized spacial score (nSPS) is 10.6. The third-order valence-electron chi connectivity index (χ3n) is 3.50. The van der Waals surface area contributed by atoms with Gasteiger partial charge >= 0.3 is 0 Å². The van der Waals surface area contributed by atoms with E-state index in [0.717, 1.165) is 0 Å². The molecule has 0 N–H and O–H groups in total. The lowest BCUT2D eigenvalue weighted by Gasteiger charge is -2.10. The van der Waals surface area contributed by atoms with Gasteiger partial charge in [-0.3, -0.25) is 4.79 Å². The van der Waals surface area contributed by atoms with Gasteiger partial charge in [-0.25, -0.2) is 0 Å². The maximum Gasteiger partial charge on any atom is 0.254 e. The molecule has 134 valence electrons. The number of hydrogen-bond acceptors (Lipinski definition) is 5. The molecular weight excluding hydrogens is 377 g/mol. The standard InChI is InChI=1S/C18H15Cl2N3O3/c1-23(2)18(24)11-3-6-13(7-4-11)25-10-16-21-22-17(26-16)14-8-5-12(19)9-15(14)20/h3-9H,10H2,1-2H3. The number of halogens is 2. The Kier molecular flexibility index (Phi) is 5.44. The molecule has 0 bridgehead atoms. The molecule has 0 saturated heterocycles. The van der Waals surface area contributed by atoms with E-state index in [1.165, 1.54) is 4.90 Å². The maximum absolute atomic E-state index is 11.9. The van der Waals surface area contributed by atoms with Crippen LogP contribution in [0.3, 0.4) is 0 Å². The van der Waals surface area contributed by atoms with Crippen molar-refractivity contribution < 1.29 is 13.9 Å². The predicted molar refractivity (Wildman–Crippen MR) is 98.5 cm³/mol. The summed E-state index contributed by atoms with van der Waals surface area (Å²) in [6.45, 7) is 0.0964. The van der Waals surface area contributed by atoms with E-state index in [2.05, 4.69) is 10.2 Å². The number of amides is 1. The van der Waals surface area contributed by atoms with Gasteiger partial charge in [-0.2, -0.15) is 0 Å². The molecule has 0 saturated carbocycles. The molecule has 1 heterocycles. The smallest absolute Gasteiger partial charge is 0.254 e. The van der Waals surface area contributed by atoms with E-state index in [4.69, 9.17) is 32.4 Å². The highest BCUT2D eigenvalue weighted by atomic mass is 35.5. The first-order valence-corrected chi connectivity index (χ1v) is 8.42. The largest absolute Gasteiger partial charge is 0.484 e. The van der Waals surface area contributed by atoms with Gasteiger partial charge in [-0.15, -0.1) is 10.2 Å². The average Bonchev–Trinajstić information content (AvgIpc) is 3.08. The molecule has 1 amide bonds. The lowest BCUT2D eigenvalue weighted by atomic mass is 10.2. The monoisotopic (exact) mass is 391 g/mol. The number of rotatable bonds is 5. The van der Waals surface area contributed by atoms with E-state index in [0.29, 0.717) is 32.8 Å². The Morgan fingerprint density at radius 2 is 1.85 bits per heavy atom. The van der Waals surface area contributed by atoms with E-state index in [-0.39, 0.29) is 18.4 Å². The van der Waals surface area contributed by atoms with E-state index < -0.39 is 0 Å². The van der Waals surface area contributed by atoms with Gasteiger partial charge in [0.2, 0.25) is 5.89 Å². The minimum absolute atomic E-state index is 0.0714. The van der Waals surface area contributed by atoms with Crippen LogP contribution in [0.5, 0.6) is 5.75 Å². The molecule has 1 aromatic heterocycles. The molecule has 3 rings (SSSR count). The highest BCUT2D eigenvalue weighted by molar-refractivity contribution is 6.36. The third-order valence-corrected chi connectivity index (χ3v) is 4.05. The van der Waals surface area contributed by atoms with Crippen molar-refractivity contribution in [2.75, 3.05) is 14.1 Å². The van der Waals surface area contributed by atoms with Crippen molar-refractivity contribution in [1.82, 2.24) is 15.1 Å². The number of hydrogen-bond donors (Lipinski definition) is 0. The SMILES string of the molecule is CN(C)C(=O)c1ccc(OCc2nnc(-c3ccc(Cl)cc3Cl)o2)cc1. The van der Waals surface area contributed by atoms with Crippen LogP contribution >= 0.6 is 23.2 Å². The molecule has 8 heteroatoms. The Morgan fingerprint density at radius 3 is 2.50 bits per heavy atom. The van der Waals surface area contributed by atoms with Crippen LogP contribution in [0.25, 0.3) is 11.5 Å². The molecule has 0 aliphatic carbocycles. The summed E-state index contributed by atoms with van der Waals surface area (Å²) in [5.41, 5.74) is 1.18. The number of carbonyl (C=O) groups excluding carboxylic acids is 1. The molecule has 0 atom stereocenters. The second-order valence-electron chi connectivity index (χ2n) is 5.64. The molecule has 0 fully saturated rings. The molecule has 3 aromatic rings. The summed E-state index contributed by atoms with van der Waals surface area (Å²) in [6.07, 6.45) is 0. The lowest BCUT2D eigenvalue weighted by molar-refractivity contribution is 0.0827. The van der Waals surface area contributed by atoms with Crippen molar-refractivity contribution in [2.45, 2.75) is 6.61 Å². The number of aromatic nitrogens is 2. The van der Waals surface area contributed by atoms with Gasteiger partial charge in [0.25, 0.3) is 11.8 Å². The number of nitrogens with zero attached hydrogens (tertiary/aromatic N) is 3. The second kappa shape index (κ2) is 7.76. The van der Waals surface area contributed by atoms with Gasteiger partial charge in [0.15, 0.2) is 6.61 Å². The van der Waals surface area contributed by atoms with E-state index in [9.17, 15) is 4.79 Å². The maximum atomic E-state index is 11.9. The second-order valence-corrected chi connectivity index (χ2v) is 6.48. The fourth-order valence-corrected chi connectivity index (χ4v) is 2.67. The van der Waals surface area contributed by atoms with E-state index in [1.54, 1.807) is 56.6 Å². The zero-order valence-corrected chi connectivity index (χ0v) is 15.6. The van der Waals surface area contributed by atoms with Crippen molar-refractivity contribution in [3.8, 4) is 17.2 Å². The van der Waals surface area contributed by atoms with Gasteiger partial charge in [0.1, 0.15) is 5.75 Å². The number of ether oxygens (including phenoxy) is 1. The Morgan fingerprint density at radius 1 is 1.12 bits per heavy atom. The first kappa shape index (κ1) is 18.2. The fraction of sp³-hybridized carbons (Fsp3) is 0.167. The molecule has 2 aromatic carbocycles. The summed E-state index contributed by atoms with van der Waals surface area (Å²) < 4.78 is 11.2.